The van der Waals surface area contributed by atoms with Crippen molar-refractivity contribution in [3.63, 3.8) is 0 Å². The molecule has 0 aliphatic heterocycles. The van der Waals surface area contributed by atoms with E-state index >= 15 is 0 Å². The molecule has 1 amide bonds. The van der Waals surface area contributed by atoms with E-state index in [-0.39, 0.29) is 22.5 Å². The fourth-order valence-corrected chi connectivity index (χ4v) is 2.52. The normalized spacial score (nSPS) is 11.3. The van der Waals surface area contributed by atoms with Gasteiger partial charge in [0.15, 0.2) is 5.16 Å². The summed E-state index contributed by atoms with van der Waals surface area (Å²) in [5.41, 5.74) is 0.465. The highest BCUT2D eigenvalue weighted by Gasteiger charge is 2.17. The largest absolute Gasteiger partial charge is 0.481 e. The summed E-state index contributed by atoms with van der Waals surface area (Å²) in [6.07, 6.45) is 0. The lowest BCUT2D eigenvalue weighted by Crippen LogP contribution is -2.23. The minimum absolute atomic E-state index is 0.179. The fraction of sp³-hybridized carbons (Fsp3) is 0.200. The molecule has 1 aromatic heterocycles. The number of carbonyl (C=O) groups is 1. The molecule has 2 rings (SSSR count). The van der Waals surface area contributed by atoms with E-state index in [9.17, 15) is 9.59 Å². The fourth-order valence-electron chi connectivity index (χ4n) is 1.72. The van der Waals surface area contributed by atoms with Gasteiger partial charge in [-0.3, -0.25) is 9.59 Å². The van der Waals surface area contributed by atoms with Crippen LogP contribution in [0.25, 0.3) is 0 Å². The molecule has 0 radical (unpaired) electrons. The van der Waals surface area contributed by atoms with Crippen LogP contribution < -0.4 is 15.6 Å². The summed E-state index contributed by atoms with van der Waals surface area (Å²) in [7, 11) is 1.41. The molecule has 118 valence electrons. The van der Waals surface area contributed by atoms with Gasteiger partial charge in [-0.2, -0.15) is 10.2 Å². The number of hydrogen-bond acceptors (Lipinski definition) is 6. The number of anilines is 1. The number of hydrogen-bond donors (Lipinski definition) is 2. The highest BCUT2D eigenvalue weighted by Crippen LogP contribution is 2.22. The molecular weight excluding hydrogens is 316 g/mol. The van der Waals surface area contributed by atoms with Gasteiger partial charge in [-0.25, -0.2) is 0 Å². The van der Waals surface area contributed by atoms with Gasteiger partial charge < -0.3 is 15.0 Å². The quantitative estimate of drug-likeness (QED) is 0.639. The number of nitriles is 1. The Morgan fingerprint density at radius 1 is 1.48 bits per heavy atom. The molecule has 0 saturated heterocycles. The number of methoxy groups -OCH3 is 1. The topological polar surface area (TPSA) is 108 Å². The van der Waals surface area contributed by atoms with Crippen molar-refractivity contribution in [2.75, 3.05) is 12.4 Å². The van der Waals surface area contributed by atoms with Gasteiger partial charge in [0.25, 0.3) is 5.56 Å². The summed E-state index contributed by atoms with van der Waals surface area (Å²) in [6, 6.07) is 9.96. The first-order valence-electron chi connectivity index (χ1n) is 6.65. The predicted molar refractivity (Wildman–Crippen MR) is 86.5 cm³/mol. The minimum atomic E-state index is -0.531. The Balaban J connectivity index is 2.10. The Morgan fingerprint density at radius 2 is 2.22 bits per heavy atom. The van der Waals surface area contributed by atoms with Crippen molar-refractivity contribution < 1.29 is 9.53 Å². The minimum Gasteiger partial charge on any atom is -0.481 e. The van der Waals surface area contributed by atoms with Crippen molar-refractivity contribution in [3.8, 4) is 11.9 Å². The molecule has 0 aliphatic rings. The monoisotopic (exact) mass is 330 g/mol. The highest BCUT2D eigenvalue weighted by atomic mass is 32.2. The summed E-state index contributed by atoms with van der Waals surface area (Å²) in [5.74, 6) is -0.123. The van der Waals surface area contributed by atoms with Crippen LogP contribution in [0.5, 0.6) is 5.88 Å². The maximum absolute atomic E-state index is 12.2. The van der Waals surface area contributed by atoms with Crippen LogP contribution in [0.3, 0.4) is 0 Å². The Hall–Kier alpha value is -2.79. The van der Waals surface area contributed by atoms with Gasteiger partial charge in [-0.05, 0) is 19.1 Å². The van der Waals surface area contributed by atoms with E-state index in [1.54, 1.807) is 31.2 Å². The molecule has 1 aromatic carbocycles. The zero-order valence-electron chi connectivity index (χ0n) is 12.5. The molecule has 0 fully saturated rings. The van der Waals surface area contributed by atoms with Gasteiger partial charge in [-0.1, -0.05) is 23.9 Å². The maximum Gasteiger partial charge on any atom is 0.255 e. The molecule has 8 heteroatoms. The third kappa shape index (κ3) is 4.34. The molecule has 7 nitrogen and oxygen atoms in total. The number of nitrogens with zero attached hydrogens (tertiary/aromatic N) is 2. The van der Waals surface area contributed by atoms with Crippen LogP contribution in [0, 0.1) is 11.3 Å². The van der Waals surface area contributed by atoms with Crippen LogP contribution in [-0.2, 0) is 4.79 Å². The van der Waals surface area contributed by atoms with Crippen molar-refractivity contribution in [1.29, 1.82) is 5.26 Å². The number of ether oxygens (including phenoxy) is 1. The molecular formula is C15H14N4O3S. The van der Waals surface area contributed by atoms with E-state index in [0.717, 1.165) is 11.8 Å². The number of benzene rings is 1. The second-order valence-electron chi connectivity index (χ2n) is 4.50. The van der Waals surface area contributed by atoms with Crippen LogP contribution >= 0.6 is 11.8 Å². The number of rotatable bonds is 5. The van der Waals surface area contributed by atoms with Crippen molar-refractivity contribution in [2.45, 2.75) is 17.3 Å². The lowest BCUT2D eigenvalue weighted by atomic mass is 10.2. The highest BCUT2D eigenvalue weighted by molar-refractivity contribution is 8.00. The lowest BCUT2D eigenvalue weighted by Gasteiger charge is -2.12. The lowest BCUT2D eigenvalue weighted by molar-refractivity contribution is -0.115. The average molecular weight is 330 g/mol. The van der Waals surface area contributed by atoms with E-state index in [2.05, 4.69) is 15.3 Å². The zero-order valence-corrected chi connectivity index (χ0v) is 13.3. The predicted octanol–water partition coefficient (Wildman–Crippen LogP) is 1.77. The second-order valence-corrected chi connectivity index (χ2v) is 5.83. The Kier molecular flexibility index (Phi) is 5.38. The second kappa shape index (κ2) is 7.47. The molecule has 0 aliphatic carbocycles. The standard InChI is InChI=1S/C15H14N4O3S/c1-9(23-15-18-12(20)7-13(19-15)22-2)14(21)17-11-6-4-3-5-10(11)8-16/h3-7,9H,1-2H3,(H,17,21)(H,18,19,20)/t9-/m1/s1. The van der Waals surface area contributed by atoms with E-state index in [4.69, 9.17) is 10.00 Å². The number of aromatic nitrogens is 2. The molecule has 0 saturated carbocycles. The number of aromatic amines is 1. The molecule has 1 atom stereocenters. The van der Waals surface area contributed by atoms with Crippen LogP contribution in [0.1, 0.15) is 12.5 Å². The summed E-state index contributed by atoms with van der Waals surface area (Å²) < 4.78 is 4.92. The van der Waals surface area contributed by atoms with E-state index in [1.807, 2.05) is 6.07 Å². The molecule has 2 aromatic rings. The van der Waals surface area contributed by atoms with Gasteiger partial charge in [0.1, 0.15) is 6.07 Å². The summed E-state index contributed by atoms with van der Waals surface area (Å²) in [6.45, 7) is 1.68. The number of carbonyl (C=O) groups excluding carboxylic acids is 1. The van der Waals surface area contributed by atoms with E-state index < -0.39 is 5.25 Å². The molecule has 0 bridgehead atoms. The van der Waals surface area contributed by atoms with Crippen molar-refractivity contribution in [2.24, 2.45) is 0 Å². The Bertz CT molecular complexity index is 813. The van der Waals surface area contributed by atoms with Gasteiger partial charge in [-0.15, -0.1) is 0 Å². The number of thioether (sulfide) groups is 1. The number of para-hydroxylation sites is 1. The van der Waals surface area contributed by atoms with Crippen LogP contribution in [0.4, 0.5) is 5.69 Å². The van der Waals surface area contributed by atoms with Gasteiger partial charge in [0.05, 0.1) is 29.7 Å². The number of H-pyrrole nitrogens is 1. The Morgan fingerprint density at radius 3 is 2.91 bits per heavy atom. The van der Waals surface area contributed by atoms with Crippen LogP contribution in [-0.4, -0.2) is 28.2 Å². The Labute approximate surface area is 136 Å². The van der Waals surface area contributed by atoms with Gasteiger partial charge >= 0.3 is 0 Å². The maximum atomic E-state index is 12.2. The number of nitrogens with one attached hydrogen (secondary N) is 2. The smallest absolute Gasteiger partial charge is 0.255 e. The molecule has 2 N–H and O–H groups in total. The van der Waals surface area contributed by atoms with Crippen molar-refractivity contribution in [1.82, 2.24) is 9.97 Å². The van der Waals surface area contributed by atoms with Crippen LogP contribution in [0.15, 0.2) is 40.3 Å². The third-order valence-corrected chi connectivity index (χ3v) is 3.85. The van der Waals surface area contributed by atoms with E-state index in [0.29, 0.717) is 11.3 Å². The SMILES string of the molecule is COc1cc(=O)[nH]c(S[C@H](C)C(=O)Nc2ccccc2C#N)n1. The van der Waals surface area contributed by atoms with Crippen molar-refractivity contribution in [3.05, 3.63) is 46.2 Å². The zero-order chi connectivity index (χ0) is 16.8. The first-order chi connectivity index (χ1) is 11.0. The summed E-state index contributed by atoms with van der Waals surface area (Å²) in [5, 5.41) is 11.5. The molecule has 23 heavy (non-hydrogen) atoms. The average Bonchev–Trinajstić information content (AvgIpc) is 2.54. The molecule has 0 spiro atoms. The summed E-state index contributed by atoms with van der Waals surface area (Å²) in [4.78, 5) is 30.3. The van der Waals surface area contributed by atoms with Crippen LogP contribution in [0.2, 0.25) is 0 Å². The first kappa shape index (κ1) is 16.6. The van der Waals surface area contributed by atoms with Crippen molar-refractivity contribution >= 4 is 23.4 Å². The van der Waals surface area contributed by atoms with Gasteiger partial charge in [0, 0.05) is 0 Å². The van der Waals surface area contributed by atoms with Gasteiger partial charge in [0.2, 0.25) is 11.8 Å². The number of amides is 1. The van der Waals surface area contributed by atoms with E-state index in [1.165, 1.54) is 13.2 Å². The third-order valence-electron chi connectivity index (χ3n) is 2.87. The molecule has 1 heterocycles. The summed E-state index contributed by atoms with van der Waals surface area (Å²) >= 11 is 1.09. The first-order valence-corrected chi connectivity index (χ1v) is 7.53. The molecule has 0 unspecified atom stereocenters.